The van der Waals surface area contributed by atoms with Crippen molar-refractivity contribution < 1.29 is 14.2 Å². The molecule has 2 aromatic rings. The van der Waals surface area contributed by atoms with Gasteiger partial charge in [0.25, 0.3) is 0 Å². The summed E-state index contributed by atoms with van der Waals surface area (Å²) < 4.78 is 20.5. The van der Waals surface area contributed by atoms with Gasteiger partial charge < -0.3 is 14.7 Å². The third-order valence-electron chi connectivity index (χ3n) is 5.76. The van der Waals surface area contributed by atoms with Crippen LogP contribution < -0.4 is 9.64 Å². The van der Waals surface area contributed by atoms with Crippen LogP contribution in [0.3, 0.4) is 0 Å². The van der Waals surface area contributed by atoms with Crippen molar-refractivity contribution in [1.29, 1.82) is 0 Å². The molecule has 0 aromatic heterocycles. The summed E-state index contributed by atoms with van der Waals surface area (Å²) >= 11 is 3.30. The van der Waals surface area contributed by atoms with E-state index in [1.165, 1.54) is 6.07 Å². The number of ether oxygens (including phenoxy) is 1. The highest BCUT2D eigenvalue weighted by atomic mass is 79.9. The van der Waals surface area contributed by atoms with Crippen molar-refractivity contribution in [1.82, 2.24) is 4.90 Å². The van der Waals surface area contributed by atoms with E-state index >= 15 is 0 Å². The van der Waals surface area contributed by atoms with Gasteiger partial charge >= 0.3 is 0 Å². The van der Waals surface area contributed by atoms with Crippen LogP contribution in [0.4, 0.5) is 10.1 Å². The molecule has 0 atom stereocenters. The predicted molar refractivity (Wildman–Crippen MR) is 124 cm³/mol. The Kier molecular flexibility index (Phi) is 7.77. The highest BCUT2D eigenvalue weighted by Gasteiger charge is 2.32. The monoisotopic (exact) mass is 478 g/mol. The van der Waals surface area contributed by atoms with Crippen molar-refractivity contribution in [2.45, 2.75) is 51.4 Å². The van der Waals surface area contributed by atoms with Gasteiger partial charge in [-0.2, -0.15) is 0 Å². The Morgan fingerprint density at radius 3 is 2.43 bits per heavy atom. The smallest absolute Gasteiger partial charge is 0.128 e. The fraction of sp³-hybridized carbons (Fsp3) is 0.500. The van der Waals surface area contributed by atoms with E-state index < -0.39 is 5.60 Å². The number of aliphatic hydroxyl groups is 1. The molecular formula is C24H32BrFN2O2. The molecule has 1 fully saturated rings. The van der Waals surface area contributed by atoms with Crippen LogP contribution in [0.25, 0.3) is 0 Å². The average Bonchev–Trinajstić information content (AvgIpc) is 2.70. The molecule has 0 unspecified atom stereocenters. The van der Waals surface area contributed by atoms with Crippen LogP contribution in [0.1, 0.15) is 38.7 Å². The topological polar surface area (TPSA) is 35.9 Å². The van der Waals surface area contributed by atoms with Crippen molar-refractivity contribution in [3.63, 3.8) is 0 Å². The lowest BCUT2D eigenvalue weighted by Crippen LogP contribution is -2.45. The molecular weight excluding hydrogens is 447 g/mol. The van der Waals surface area contributed by atoms with Gasteiger partial charge in [0.15, 0.2) is 0 Å². The van der Waals surface area contributed by atoms with E-state index in [-0.39, 0.29) is 11.9 Å². The summed E-state index contributed by atoms with van der Waals surface area (Å²) in [4.78, 5) is 4.39. The Labute approximate surface area is 187 Å². The fourth-order valence-corrected chi connectivity index (χ4v) is 4.16. The van der Waals surface area contributed by atoms with Crippen LogP contribution in [0.2, 0.25) is 0 Å². The number of hydrogen-bond acceptors (Lipinski definition) is 4. The number of rotatable bonds is 8. The highest BCUT2D eigenvalue weighted by Crippen LogP contribution is 2.28. The predicted octanol–water partition coefficient (Wildman–Crippen LogP) is 5.23. The lowest BCUT2D eigenvalue weighted by atomic mass is 9.88. The molecule has 0 aliphatic carbocycles. The molecule has 4 nitrogen and oxygen atoms in total. The second kappa shape index (κ2) is 10.1. The first-order valence-electron chi connectivity index (χ1n) is 10.6. The number of halogens is 2. The number of nitrogens with zero attached hydrogens (tertiary/aromatic N) is 2. The third-order valence-corrected chi connectivity index (χ3v) is 6.25. The summed E-state index contributed by atoms with van der Waals surface area (Å²) in [5.41, 5.74) is 1.15. The molecule has 0 bridgehead atoms. The van der Waals surface area contributed by atoms with Gasteiger partial charge in [-0.1, -0.05) is 22.0 Å². The molecule has 1 N–H and O–H groups in total. The van der Waals surface area contributed by atoms with E-state index in [9.17, 15) is 9.50 Å². The molecule has 3 rings (SSSR count). The number of likely N-dealkylation sites (tertiary alicyclic amines) is 1. The molecule has 1 heterocycles. The normalized spacial score (nSPS) is 16.6. The van der Waals surface area contributed by atoms with Gasteiger partial charge in [0.2, 0.25) is 0 Å². The molecule has 30 heavy (non-hydrogen) atoms. The van der Waals surface area contributed by atoms with E-state index in [1.807, 2.05) is 45.2 Å². The summed E-state index contributed by atoms with van der Waals surface area (Å²) in [7, 11) is 2.05. The molecule has 1 saturated heterocycles. The van der Waals surface area contributed by atoms with E-state index in [0.29, 0.717) is 31.4 Å². The SMILES string of the molecule is CC(C)Oc1ccc(N(C)CCC2(O)CCN(Cc3ccc(Br)cc3F)CC2)cc1. The maximum atomic E-state index is 14.1. The van der Waals surface area contributed by atoms with Gasteiger partial charge in [0.05, 0.1) is 11.7 Å². The van der Waals surface area contributed by atoms with E-state index in [0.717, 1.165) is 35.5 Å². The first-order chi connectivity index (χ1) is 14.2. The molecule has 0 spiro atoms. The summed E-state index contributed by atoms with van der Waals surface area (Å²) in [6.45, 7) is 6.94. The standard InChI is InChI=1S/C24H32BrFN2O2/c1-18(2)30-22-8-6-21(7-9-22)27(3)13-10-24(29)11-14-28(15-12-24)17-19-4-5-20(25)16-23(19)26/h4-9,16,18,29H,10-15,17H2,1-3H3. The van der Waals surface area contributed by atoms with Crippen LogP contribution in [-0.4, -0.2) is 48.4 Å². The molecule has 1 aliphatic rings. The van der Waals surface area contributed by atoms with Crippen LogP contribution in [0.15, 0.2) is 46.9 Å². The van der Waals surface area contributed by atoms with Gasteiger partial charge in [-0.15, -0.1) is 0 Å². The molecule has 0 radical (unpaired) electrons. The van der Waals surface area contributed by atoms with E-state index in [4.69, 9.17) is 4.74 Å². The lowest BCUT2D eigenvalue weighted by molar-refractivity contribution is -0.0277. The molecule has 164 valence electrons. The largest absolute Gasteiger partial charge is 0.491 e. The quantitative estimate of drug-likeness (QED) is 0.563. The fourth-order valence-electron chi connectivity index (χ4n) is 3.82. The van der Waals surface area contributed by atoms with Crippen LogP contribution in [0.5, 0.6) is 5.75 Å². The zero-order valence-electron chi connectivity index (χ0n) is 18.1. The summed E-state index contributed by atoms with van der Waals surface area (Å²) in [6.07, 6.45) is 2.29. The van der Waals surface area contributed by atoms with Gasteiger partial charge in [-0.3, -0.25) is 4.90 Å². The molecule has 0 saturated carbocycles. The Balaban J connectivity index is 1.47. The molecule has 6 heteroatoms. The first-order valence-corrected chi connectivity index (χ1v) is 11.4. The average molecular weight is 479 g/mol. The lowest BCUT2D eigenvalue weighted by Gasteiger charge is -2.39. The van der Waals surface area contributed by atoms with Crippen molar-refractivity contribution in [2.75, 3.05) is 31.6 Å². The van der Waals surface area contributed by atoms with Crippen molar-refractivity contribution >= 4 is 21.6 Å². The zero-order chi connectivity index (χ0) is 21.7. The van der Waals surface area contributed by atoms with Crippen LogP contribution >= 0.6 is 15.9 Å². The first kappa shape index (κ1) is 23.0. The minimum absolute atomic E-state index is 0.161. The van der Waals surface area contributed by atoms with E-state index in [1.54, 1.807) is 0 Å². The summed E-state index contributed by atoms with van der Waals surface area (Å²) in [6, 6.07) is 13.3. The molecule has 2 aromatic carbocycles. The Morgan fingerprint density at radius 1 is 1.17 bits per heavy atom. The summed E-state index contributed by atoms with van der Waals surface area (Å²) in [5, 5.41) is 11.0. The van der Waals surface area contributed by atoms with Gasteiger partial charge in [-0.05, 0) is 69.5 Å². The molecule has 0 amide bonds. The van der Waals surface area contributed by atoms with Gasteiger partial charge in [-0.25, -0.2) is 4.39 Å². The number of benzene rings is 2. The molecule has 1 aliphatic heterocycles. The van der Waals surface area contributed by atoms with Crippen LogP contribution in [-0.2, 0) is 6.54 Å². The maximum absolute atomic E-state index is 14.1. The van der Waals surface area contributed by atoms with Gasteiger partial charge in [0, 0.05) is 49.0 Å². The number of piperidine rings is 1. The van der Waals surface area contributed by atoms with Crippen molar-refractivity contribution in [3.8, 4) is 5.75 Å². The highest BCUT2D eigenvalue weighted by molar-refractivity contribution is 9.10. The Bertz CT molecular complexity index is 820. The second-order valence-corrected chi connectivity index (χ2v) is 9.48. The van der Waals surface area contributed by atoms with Crippen molar-refractivity contribution in [3.05, 3.63) is 58.3 Å². The Morgan fingerprint density at radius 2 is 1.83 bits per heavy atom. The number of hydrogen-bond donors (Lipinski definition) is 1. The third kappa shape index (κ3) is 6.43. The number of anilines is 1. The zero-order valence-corrected chi connectivity index (χ0v) is 19.7. The maximum Gasteiger partial charge on any atom is 0.128 e. The van der Waals surface area contributed by atoms with Crippen LogP contribution in [0, 0.1) is 5.82 Å². The van der Waals surface area contributed by atoms with E-state index in [2.05, 4.69) is 37.9 Å². The Hall–Kier alpha value is -1.63. The summed E-state index contributed by atoms with van der Waals surface area (Å²) in [5.74, 6) is 0.687. The minimum Gasteiger partial charge on any atom is -0.491 e. The van der Waals surface area contributed by atoms with Gasteiger partial charge in [0.1, 0.15) is 11.6 Å². The van der Waals surface area contributed by atoms with Crippen molar-refractivity contribution in [2.24, 2.45) is 0 Å². The second-order valence-electron chi connectivity index (χ2n) is 8.57. The minimum atomic E-state index is -0.663.